The minimum absolute atomic E-state index is 0. The summed E-state index contributed by atoms with van der Waals surface area (Å²) in [5, 5.41) is 7.69. The molecule has 214 valence electrons. The summed E-state index contributed by atoms with van der Waals surface area (Å²) in [4.78, 5) is 43.7. The molecule has 9 nitrogen and oxygen atoms in total. The van der Waals surface area contributed by atoms with E-state index in [1.54, 1.807) is 30.9 Å². The first-order chi connectivity index (χ1) is 18.8. The zero-order valence-electron chi connectivity index (χ0n) is 22.9. The summed E-state index contributed by atoms with van der Waals surface area (Å²) in [5.74, 6) is -0.222. The van der Waals surface area contributed by atoms with Gasteiger partial charge >= 0.3 is 0 Å². The fourth-order valence-corrected chi connectivity index (χ4v) is 5.08. The van der Waals surface area contributed by atoms with Gasteiger partial charge in [-0.05, 0) is 55.1 Å². The van der Waals surface area contributed by atoms with Crippen molar-refractivity contribution in [1.82, 2.24) is 10.6 Å². The van der Waals surface area contributed by atoms with E-state index in [0.717, 1.165) is 20.8 Å². The van der Waals surface area contributed by atoms with Gasteiger partial charge in [0.05, 0.1) is 50.6 Å². The van der Waals surface area contributed by atoms with Crippen LogP contribution in [0.15, 0.2) is 59.1 Å². The Morgan fingerprint density at radius 1 is 1.10 bits per heavy atom. The minimum atomic E-state index is -0.970. The zero-order valence-corrected chi connectivity index (χ0v) is 25.3. The first-order valence-corrected chi connectivity index (χ1v) is 13.5. The highest BCUT2D eigenvalue weighted by Crippen LogP contribution is 2.37. The molecule has 11 heteroatoms. The van der Waals surface area contributed by atoms with Crippen LogP contribution in [0.25, 0.3) is 10.8 Å². The number of ether oxygens (including phenoxy) is 2. The quantitative estimate of drug-likeness (QED) is 0.369. The number of nitrogens with one attached hydrogen (secondary N) is 2. The zero-order chi connectivity index (χ0) is 28.1. The van der Waals surface area contributed by atoms with E-state index in [1.165, 1.54) is 7.11 Å². The summed E-state index contributed by atoms with van der Waals surface area (Å²) < 4.78 is 11.8. The average molecular weight is 634 g/mol. The van der Waals surface area contributed by atoms with Crippen molar-refractivity contribution in [3.8, 4) is 5.75 Å². The molecule has 40 heavy (non-hydrogen) atoms. The smallest absolute Gasteiger partial charge is 0.251 e. The van der Waals surface area contributed by atoms with Crippen molar-refractivity contribution in [1.29, 1.82) is 0 Å². The Morgan fingerprint density at radius 3 is 2.50 bits per heavy atom. The first kappa shape index (κ1) is 31.3. The molecule has 1 aliphatic heterocycles. The van der Waals surface area contributed by atoms with E-state index >= 15 is 0 Å². The van der Waals surface area contributed by atoms with Crippen molar-refractivity contribution in [2.45, 2.75) is 32.0 Å². The molecule has 3 amide bonds. The largest absolute Gasteiger partial charge is 0.496 e. The summed E-state index contributed by atoms with van der Waals surface area (Å²) in [6.07, 6.45) is 0.138. The highest BCUT2D eigenvalue weighted by atomic mass is 79.9. The number of benzene rings is 3. The van der Waals surface area contributed by atoms with E-state index < -0.39 is 12.1 Å². The van der Waals surface area contributed by atoms with Gasteiger partial charge in [0.1, 0.15) is 11.8 Å². The number of carbonyl (C=O) groups excluding carboxylic acids is 3. The van der Waals surface area contributed by atoms with Gasteiger partial charge < -0.3 is 29.9 Å². The highest BCUT2D eigenvalue weighted by Gasteiger charge is 2.37. The SMILES string of the molecule is CNC(C)C(=O)NC1CN(C(=O)CCOC)c2ccccc2N(Cc2c(OC)ccc3cc(Br)ccc23)C1=O.Cl. The van der Waals surface area contributed by atoms with Gasteiger partial charge in [0.2, 0.25) is 11.8 Å². The number of hydrogen-bond donors (Lipinski definition) is 2. The lowest BCUT2D eigenvalue weighted by molar-refractivity contribution is -0.128. The third-order valence-corrected chi connectivity index (χ3v) is 7.44. The van der Waals surface area contributed by atoms with Crippen LogP contribution < -0.4 is 25.2 Å². The lowest BCUT2D eigenvalue weighted by atomic mass is 10.0. The van der Waals surface area contributed by atoms with E-state index in [9.17, 15) is 14.4 Å². The van der Waals surface area contributed by atoms with Crippen LogP contribution in [0.5, 0.6) is 5.75 Å². The molecule has 0 fully saturated rings. The molecule has 0 bridgehead atoms. The third-order valence-electron chi connectivity index (χ3n) is 6.94. The topological polar surface area (TPSA) is 100 Å². The Bertz CT molecular complexity index is 1390. The van der Waals surface area contributed by atoms with E-state index in [0.29, 0.717) is 17.1 Å². The summed E-state index contributed by atoms with van der Waals surface area (Å²) in [7, 11) is 4.81. The fourth-order valence-electron chi connectivity index (χ4n) is 4.70. The number of amides is 3. The monoisotopic (exact) mass is 632 g/mol. The minimum Gasteiger partial charge on any atom is -0.496 e. The highest BCUT2D eigenvalue weighted by molar-refractivity contribution is 9.10. The molecule has 2 unspecified atom stereocenters. The molecule has 0 spiro atoms. The normalized spacial score (nSPS) is 15.6. The Labute approximate surface area is 248 Å². The molecular formula is C29H34BrClN4O5. The van der Waals surface area contributed by atoms with Crippen molar-refractivity contribution in [3.05, 3.63) is 64.6 Å². The lowest BCUT2D eigenvalue weighted by Crippen LogP contribution is -2.55. The number of carbonyl (C=O) groups is 3. The van der Waals surface area contributed by atoms with Crippen LogP contribution in [0.3, 0.4) is 0 Å². The van der Waals surface area contributed by atoms with Gasteiger partial charge in [-0.2, -0.15) is 0 Å². The van der Waals surface area contributed by atoms with Gasteiger partial charge in [-0.3, -0.25) is 14.4 Å². The molecule has 0 saturated heterocycles. The lowest BCUT2D eigenvalue weighted by Gasteiger charge is -2.27. The van der Waals surface area contributed by atoms with Gasteiger partial charge in [-0.1, -0.05) is 40.2 Å². The Kier molecular flexibility index (Phi) is 10.9. The Hall–Kier alpha value is -3.18. The van der Waals surface area contributed by atoms with Gasteiger partial charge in [0.25, 0.3) is 5.91 Å². The molecule has 3 aromatic carbocycles. The van der Waals surface area contributed by atoms with E-state index in [4.69, 9.17) is 9.47 Å². The number of halogens is 2. The number of likely N-dealkylation sites (N-methyl/N-ethyl adjacent to an activating group) is 1. The first-order valence-electron chi connectivity index (χ1n) is 12.7. The van der Waals surface area contributed by atoms with Gasteiger partial charge in [-0.15, -0.1) is 12.4 Å². The van der Waals surface area contributed by atoms with Crippen LogP contribution in [0.2, 0.25) is 0 Å². The number of hydrogen-bond acceptors (Lipinski definition) is 6. The molecule has 3 aromatic rings. The number of fused-ring (bicyclic) bond motifs is 2. The van der Waals surface area contributed by atoms with Gasteiger partial charge in [0.15, 0.2) is 0 Å². The Morgan fingerprint density at radius 2 is 1.82 bits per heavy atom. The molecule has 1 heterocycles. The predicted octanol–water partition coefficient (Wildman–Crippen LogP) is 4.04. The van der Waals surface area contributed by atoms with Crippen LogP contribution >= 0.6 is 28.3 Å². The second kappa shape index (κ2) is 13.9. The van der Waals surface area contributed by atoms with Crippen molar-refractivity contribution in [3.63, 3.8) is 0 Å². The number of nitrogens with zero attached hydrogens (tertiary/aromatic N) is 2. The summed E-state index contributed by atoms with van der Waals surface area (Å²) >= 11 is 3.53. The molecule has 2 atom stereocenters. The van der Waals surface area contributed by atoms with Gasteiger partial charge in [0, 0.05) is 17.1 Å². The van der Waals surface area contributed by atoms with Crippen molar-refractivity contribution >= 4 is 68.2 Å². The number of methoxy groups -OCH3 is 2. The van der Waals surface area contributed by atoms with Crippen molar-refractivity contribution in [2.24, 2.45) is 0 Å². The maximum absolute atomic E-state index is 14.2. The molecule has 0 radical (unpaired) electrons. The second-order valence-electron chi connectivity index (χ2n) is 9.34. The van der Waals surface area contributed by atoms with Gasteiger partial charge in [-0.25, -0.2) is 0 Å². The van der Waals surface area contributed by atoms with Crippen LogP contribution in [-0.4, -0.2) is 64.2 Å². The van der Waals surface area contributed by atoms with Crippen molar-refractivity contribution < 1.29 is 23.9 Å². The molecule has 2 N–H and O–H groups in total. The summed E-state index contributed by atoms with van der Waals surface area (Å²) in [6, 6.07) is 15.6. The maximum Gasteiger partial charge on any atom is 0.251 e. The maximum atomic E-state index is 14.2. The standard InChI is InChI=1S/C29H33BrN4O5.ClH/c1-18(31-2)28(36)32-23-17-33(27(35)13-14-38-3)24-7-5-6-8-25(24)34(29(23)37)16-22-21-11-10-20(30)15-19(21)9-12-26(22)39-4;/h5-12,15,18,23,31H,13-14,16-17H2,1-4H3,(H,32,36);1H. The predicted molar refractivity (Wildman–Crippen MR) is 162 cm³/mol. The molecule has 0 saturated carbocycles. The fraction of sp³-hybridized carbons (Fsp3) is 0.345. The second-order valence-corrected chi connectivity index (χ2v) is 10.3. The number of rotatable bonds is 9. The van der Waals surface area contributed by atoms with Crippen molar-refractivity contribution in [2.75, 3.05) is 44.2 Å². The average Bonchev–Trinajstić information content (AvgIpc) is 3.06. The summed E-state index contributed by atoms with van der Waals surface area (Å²) in [5.41, 5.74) is 1.98. The molecule has 0 aromatic heterocycles. The van der Waals surface area contributed by atoms with E-state index in [1.807, 2.05) is 54.6 Å². The molecular weight excluding hydrogens is 600 g/mol. The van der Waals surface area contributed by atoms with Crippen LogP contribution in [0.1, 0.15) is 18.9 Å². The Balaban J connectivity index is 0.00000441. The number of para-hydroxylation sites is 2. The van der Waals surface area contributed by atoms with Crippen LogP contribution in [0.4, 0.5) is 11.4 Å². The molecule has 0 aliphatic carbocycles. The van der Waals surface area contributed by atoms with E-state index in [2.05, 4.69) is 26.6 Å². The molecule has 1 aliphatic rings. The number of anilines is 2. The summed E-state index contributed by atoms with van der Waals surface area (Å²) in [6.45, 7) is 2.12. The van der Waals surface area contributed by atoms with Crippen LogP contribution in [-0.2, 0) is 25.7 Å². The van der Waals surface area contributed by atoms with Crippen LogP contribution in [0, 0.1) is 0 Å². The van der Waals surface area contributed by atoms with E-state index in [-0.39, 0.29) is 56.2 Å². The molecule has 4 rings (SSSR count). The third kappa shape index (κ3) is 6.58.